The fourth-order valence-electron chi connectivity index (χ4n) is 5.11. The SMILES string of the molecule is COC(=O)N(C(=O)[N+]1(C(=O)[C@@H](N)C(C)C)CCC[C@H]1C)[C@H](C(=O)c1nn(-c2ccc(OC(F)(F)F)cc2)c(=O)o1)C(C)C. The van der Waals surface area contributed by atoms with Crippen molar-refractivity contribution in [1.29, 1.82) is 0 Å². The summed E-state index contributed by atoms with van der Waals surface area (Å²) in [6.45, 7) is 8.22. The van der Waals surface area contributed by atoms with Gasteiger partial charge in [-0.05, 0) is 43.0 Å². The van der Waals surface area contributed by atoms with E-state index in [-0.39, 0.29) is 18.2 Å². The number of rotatable bonds is 8. The number of urea groups is 1. The third-order valence-corrected chi connectivity index (χ3v) is 7.45. The van der Waals surface area contributed by atoms with Crippen LogP contribution in [-0.4, -0.2) is 81.1 Å². The van der Waals surface area contributed by atoms with E-state index in [2.05, 4.69) is 9.84 Å². The van der Waals surface area contributed by atoms with E-state index in [0.717, 1.165) is 31.4 Å². The van der Waals surface area contributed by atoms with Crippen molar-refractivity contribution in [2.24, 2.45) is 17.6 Å². The van der Waals surface area contributed by atoms with E-state index >= 15 is 0 Å². The fraction of sp³-hybridized carbons (Fsp3) is 0.556. The molecule has 0 saturated carbocycles. The molecule has 16 heteroatoms. The monoisotopic (exact) mass is 614 g/mol. The van der Waals surface area contributed by atoms with Crippen molar-refractivity contribution in [3.05, 3.63) is 40.7 Å². The average molecular weight is 615 g/mol. The maximum Gasteiger partial charge on any atom is 0.573 e. The van der Waals surface area contributed by atoms with Crippen LogP contribution in [0.15, 0.2) is 33.5 Å². The average Bonchev–Trinajstić information content (AvgIpc) is 3.52. The minimum Gasteiger partial charge on any atom is -0.452 e. The van der Waals surface area contributed by atoms with Crippen LogP contribution >= 0.6 is 0 Å². The molecule has 1 aromatic heterocycles. The molecule has 1 fully saturated rings. The molecule has 4 amide bonds. The molecule has 43 heavy (non-hydrogen) atoms. The van der Waals surface area contributed by atoms with Crippen LogP contribution in [-0.2, 0) is 9.53 Å². The number of imide groups is 2. The molecule has 0 radical (unpaired) electrons. The molecule has 1 aliphatic heterocycles. The molecule has 2 N–H and O–H groups in total. The van der Waals surface area contributed by atoms with E-state index in [9.17, 15) is 37.1 Å². The summed E-state index contributed by atoms with van der Waals surface area (Å²) in [5.74, 6) is -5.28. The van der Waals surface area contributed by atoms with Crippen LogP contribution in [0.3, 0.4) is 0 Å². The third kappa shape index (κ3) is 6.64. The van der Waals surface area contributed by atoms with E-state index in [1.807, 2.05) is 0 Å². The molecule has 1 saturated heterocycles. The lowest BCUT2D eigenvalue weighted by Crippen LogP contribution is -2.70. The standard InChI is InChI=1S/C27H35F3N5O8/c1-14(2)19(31)23(37)35(13-7-8-16(35)5)24(38)33(25(39)41-6)20(15(3)4)21(36)22-32-34(26(40)42-22)17-9-11-18(12-10-17)43-27(28,29)30/h9-12,14-16,19-20H,7-8,13,31H2,1-6H3/q+1/t16-,19+,20+,35?/m1/s1. The first-order valence-electron chi connectivity index (χ1n) is 13.6. The second kappa shape index (κ2) is 12.7. The minimum atomic E-state index is -4.93. The molecular weight excluding hydrogens is 579 g/mol. The first-order valence-corrected chi connectivity index (χ1v) is 13.6. The van der Waals surface area contributed by atoms with Gasteiger partial charge < -0.3 is 19.6 Å². The molecule has 1 aliphatic rings. The highest BCUT2D eigenvalue weighted by atomic mass is 19.4. The molecule has 1 unspecified atom stereocenters. The van der Waals surface area contributed by atoms with Crippen molar-refractivity contribution in [2.45, 2.75) is 71.9 Å². The number of nitrogens with two attached hydrogens (primary N) is 1. The van der Waals surface area contributed by atoms with Crippen LogP contribution in [0.5, 0.6) is 5.75 Å². The summed E-state index contributed by atoms with van der Waals surface area (Å²) in [7, 11) is 1.00. The van der Waals surface area contributed by atoms with E-state index in [1.165, 1.54) is 13.8 Å². The number of Topliss-reactive ketones (excluding diaryl/α,β-unsaturated/α-hetero) is 1. The van der Waals surface area contributed by atoms with Crippen LogP contribution in [0.25, 0.3) is 5.69 Å². The van der Waals surface area contributed by atoms with Gasteiger partial charge in [0.1, 0.15) is 23.9 Å². The number of ether oxygens (including phenoxy) is 2. The second-order valence-electron chi connectivity index (χ2n) is 11.0. The summed E-state index contributed by atoms with van der Waals surface area (Å²) in [6.07, 6.45) is -5.20. The number of hydrogen-bond acceptors (Lipinski definition) is 10. The third-order valence-electron chi connectivity index (χ3n) is 7.45. The van der Waals surface area contributed by atoms with E-state index in [4.69, 9.17) is 14.9 Å². The largest absolute Gasteiger partial charge is 0.573 e. The van der Waals surface area contributed by atoms with Gasteiger partial charge in [-0.25, -0.2) is 19.2 Å². The first kappa shape index (κ1) is 33.5. The summed E-state index contributed by atoms with van der Waals surface area (Å²) >= 11 is 0. The quantitative estimate of drug-likeness (QED) is 0.343. The highest BCUT2D eigenvalue weighted by molar-refractivity contribution is 6.03. The summed E-state index contributed by atoms with van der Waals surface area (Å²) in [5.41, 5.74) is 6.13. The van der Waals surface area contributed by atoms with Gasteiger partial charge in [0.05, 0.1) is 19.3 Å². The number of ketones is 1. The van der Waals surface area contributed by atoms with Gasteiger partial charge in [0, 0.05) is 12.8 Å². The van der Waals surface area contributed by atoms with Crippen molar-refractivity contribution in [2.75, 3.05) is 13.7 Å². The van der Waals surface area contributed by atoms with Gasteiger partial charge in [-0.1, -0.05) is 27.7 Å². The summed E-state index contributed by atoms with van der Waals surface area (Å²) in [5, 5.41) is 3.87. The molecule has 4 atom stereocenters. The molecule has 0 bridgehead atoms. The molecule has 2 heterocycles. The summed E-state index contributed by atoms with van der Waals surface area (Å²) < 4.78 is 51.0. The molecule has 13 nitrogen and oxygen atoms in total. The lowest BCUT2D eigenvalue weighted by molar-refractivity contribution is -0.788. The topological polar surface area (TPSA) is 164 Å². The molecule has 3 rings (SSSR count). The number of alkyl halides is 3. The number of carbonyl (C=O) groups is 4. The van der Waals surface area contributed by atoms with Crippen molar-refractivity contribution < 1.29 is 50.7 Å². The highest BCUT2D eigenvalue weighted by Gasteiger charge is 2.59. The van der Waals surface area contributed by atoms with Crippen LogP contribution in [0.1, 0.15) is 58.1 Å². The maximum atomic E-state index is 14.3. The summed E-state index contributed by atoms with van der Waals surface area (Å²) in [6, 6.07) is -0.226. The maximum absolute atomic E-state index is 14.3. The number of methoxy groups -OCH3 is 1. The van der Waals surface area contributed by atoms with Gasteiger partial charge >= 0.3 is 30.1 Å². The van der Waals surface area contributed by atoms with Gasteiger partial charge in [-0.2, -0.15) is 14.1 Å². The van der Waals surface area contributed by atoms with Gasteiger partial charge in [-0.15, -0.1) is 18.3 Å². The van der Waals surface area contributed by atoms with Crippen molar-refractivity contribution in [3.8, 4) is 11.4 Å². The Kier molecular flexibility index (Phi) is 9.86. The number of aromatic nitrogens is 2. The number of amides is 4. The van der Waals surface area contributed by atoms with Gasteiger partial charge in [-0.3, -0.25) is 4.79 Å². The Labute approximate surface area is 244 Å². The Morgan fingerprint density at radius 3 is 2.19 bits per heavy atom. The van der Waals surface area contributed by atoms with Crippen LogP contribution in [0.2, 0.25) is 0 Å². The van der Waals surface area contributed by atoms with Crippen LogP contribution < -0.4 is 16.2 Å². The van der Waals surface area contributed by atoms with Crippen molar-refractivity contribution in [1.82, 2.24) is 14.7 Å². The van der Waals surface area contributed by atoms with Crippen LogP contribution in [0, 0.1) is 11.8 Å². The lowest BCUT2D eigenvalue weighted by atomic mass is 9.97. The molecule has 236 valence electrons. The summed E-state index contributed by atoms with van der Waals surface area (Å²) in [4.78, 5) is 68.2. The van der Waals surface area contributed by atoms with E-state index in [0.29, 0.717) is 22.4 Å². The number of likely N-dealkylation sites (tertiary alicyclic amines) is 1. The molecule has 0 aliphatic carbocycles. The number of hydrogen-bond donors (Lipinski definition) is 1. The molecule has 1 aromatic carbocycles. The predicted molar refractivity (Wildman–Crippen MR) is 143 cm³/mol. The Hall–Kier alpha value is -4.05. The predicted octanol–water partition coefficient (Wildman–Crippen LogP) is 3.63. The molecular formula is C27H35F3N5O8+. The van der Waals surface area contributed by atoms with E-state index < -0.39 is 76.1 Å². The van der Waals surface area contributed by atoms with Crippen LogP contribution in [0.4, 0.5) is 22.8 Å². The highest BCUT2D eigenvalue weighted by Crippen LogP contribution is 2.33. The minimum absolute atomic E-state index is 0.0452. The fourth-order valence-corrected chi connectivity index (χ4v) is 5.11. The number of nitrogens with zero attached hydrogens (tertiary/aromatic N) is 4. The smallest absolute Gasteiger partial charge is 0.452 e. The zero-order chi connectivity index (χ0) is 32.4. The molecule has 0 spiro atoms. The van der Waals surface area contributed by atoms with Crippen molar-refractivity contribution >= 4 is 23.8 Å². The van der Waals surface area contributed by atoms with Gasteiger partial charge in [0.2, 0.25) is 5.78 Å². The number of carbonyl (C=O) groups excluding carboxylic acids is 4. The Morgan fingerprint density at radius 2 is 1.72 bits per heavy atom. The van der Waals surface area contributed by atoms with Crippen molar-refractivity contribution in [3.63, 3.8) is 0 Å². The van der Waals surface area contributed by atoms with E-state index in [1.54, 1.807) is 20.8 Å². The zero-order valence-corrected chi connectivity index (χ0v) is 24.6. The number of halogens is 3. The van der Waals surface area contributed by atoms with Gasteiger partial charge in [0.25, 0.3) is 5.89 Å². The lowest BCUT2D eigenvalue weighted by Gasteiger charge is -2.40. The Morgan fingerprint density at radius 1 is 1.12 bits per heavy atom. The number of benzene rings is 1. The normalized spacial score (nSPS) is 20.1. The Balaban J connectivity index is 2.06. The second-order valence-corrected chi connectivity index (χ2v) is 11.0. The Bertz CT molecular complexity index is 1420. The first-order chi connectivity index (χ1) is 20.0. The molecule has 2 aromatic rings. The zero-order valence-electron chi connectivity index (χ0n) is 24.6. The number of quaternary nitrogens is 1. The van der Waals surface area contributed by atoms with Gasteiger partial charge in [0.15, 0.2) is 0 Å².